The van der Waals surface area contributed by atoms with Crippen molar-refractivity contribution >= 4 is 49.4 Å². The SMILES string of the molecule is C1=CNC(n2c3ccccc3c3cc4c5ccccc5n(-c5ccc(C6NC(c7ccccc7)=NC(c7ccccc7)N6)cc5)c4cc32)C=C1. The molecule has 0 bridgehead atoms. The fraction of sp³-hybridized carbons (Fsp3) is 0.0682. The number of rotatable bonds is 5. The molecule has 240 valence electrons. The van der Waals surface area contributed by atoms with E-state index >= 15 is 0 Å². The summed E-state index contributed by atoms with van der Waals surface area (Å²) in [5.41, 5.74) is 9.25. The molecule has 0 saturated heterocycles. The molecule has 6 nitrogen and oxygen atoms in total. The highest BCUT2D eigenvalue weighted by Gasteiger charge is 2.26. The van der Waals surface area contributed by atoms with Gasteiger partial charge in [0.1, 0.15) is 24.3 Å². The molecule has 0 spiro atoms. The number of nitrogens with one attached hydrogen (secondary N) is 3. The lowest BCUT2D eigenvalue weighted by Gasteiger charge is -2.32. The lowest BCUT2D eigenvalue weighted by Crippen LogP contribution is -2.44. The van der Waals surface area contributed by atoms with Gasteiger partial charge in [0, 0.05) is 32.8 Å². The fourth-order valence-corrected chi connectivity index (χ4v) is 7.73. The van der Waals surface area contributed by atoms with Crippen LogP contribution in [0.3, 0.4) is 0 Å². The van der Waals surface area contributed by atoms with Crippen molar-refractivity contribution in [3.8, 4) is 5.69 Å². The topological polar surface area (TPSA) is 58.3 Å². The zero-order valence-corrected chi connectivity index (χ0v) is 27.2. The van der Waals surface area contributed by atoms with E-state index in [1.165, 1.54) is 43.6 Å². The number of hydrogen-bond acceptors (Lipinski definition) is 4. The first-order valence-corrected chi connectivity index (χ1v) is 17.2. The van der Waals surface area contributed by atoms with Gasteiger partial charge in [-0.2, -0.15) is 0 Å². The van der Waals surface area contributed by atoms with Crippen LogP contribution in [0.2, 0.25) is 0 Å². The third-order valence-electron chi connectivity index (χ3n) is 10.1. The Morgan fingerprint density at radius 2 is 1.22 bits per heavy atom. The number of amidine groups is 1. The second kappa shape index (κ2) is 11.7. The van der Waals surface area contributed by atoms with Crippen molar-refractivity contribution < 1.29 is 0 Å². The van der Waals surface area contributed by atoms with Gasteiger partial charge in [-0.15, -0.1) is 0 Å². The minimum Gasteiger partial charge on any atom is -0.368 e. The van der Waals surface area contributed by atoms with Gasteiger partial charge in [0.2, 0.25) is 0 Å². The summed E-state index contributed by atoms with van der Waals surface area (Å²) in [4.78, 5) is 5.08. The Morgan fingerprint density at radius 1 is 0.540 bits per heavy atom. The molecule has 0 fully saturated rings. The van der Waals surface area contributed by atoms with Gasteiger partial charge in [-0.3, -0.25) is 5.32 Å². The van der Waals surface area contributed by atoms with Crippen LogP contribution in [0.4, 0.5) is 0 Å². The van der Waals surface area contributed by atoms with E-state index in [0.29, 0.717) is 0 Å². The minimum absolute atomic E-state index is 0.0245. The van der Waals surface area contributed by atoms with Gasteiger partial charge in [-0.25, -0.2) is 4.99 Å². The normalized spacial score (nSPS) is 18.8. The summed E-state index contributed by atoms with van der Waals surface area (Å²) >= 11 is 0. The number of benzene rings is 6. The Hall–Kier alpha value is -6.37. The van der Waals surface area contributed by atoms with Crippen LogP contribution in [0.5, 0.6) is 0 Å². The summed E-state index contributed by atoms with van der Waals surface area (Å²) in [6.07, 6.45) is 8.12. The van der Waals surface area contributed by atoms with E-state index in [0.717, 1.165) is 28.2 Å². The van der Waals surface area contributed by atoms with Crippen LogP contribution < -0.4 is 16.0 Å². The van der Waals surface area contributed by atoms with Crippen molar-refractivity contribution in [1.82, 2.24) is 25.1 Å². The van der Waals surface area contributed by atoms with E-state index in [4.69, 9.17) is 4.99 Å². The first-order chi connectivity index (χ1) is 24.8. The van der Waals surface area contributed by atoms with E-state index < -0.39 is 0 Å². The van der Waals surface area contributed by atoms with Crippen molar-refractivity contribution in [2.24, 2.45) is 4.99 Å². The van der Waals surface area contributed by atoms with Crippen LogP contribution in [0.25, 0.3) is 49.3 Å². The van der Waals surface area contributed by atoms with E-state index in [-0.39, 0.29) is 18.5 Å². The standard InChI is InChI=1S/C44H34N6/c1-3-13-29(14-4-1)42-46-43(30-15-5-2-6-16-30)48-44(47-42)31-22-24-32(25-23-31)49-37-19-9-7-17-33(37)35-27-36-34-18-8-10-20-38(34)50(40(36)28-39(35)49)41-21-11-12-26-45-41/h1-28,41-42,44-45,47H,(H,46,48). The smallest absolute Gasteiger partial charge is 0.131 e. The number of aliphatic imine (C=N–C) groups is 1. The molecular formula is C44H34N6. The summed E-state index contributed by atoms with van der Waals surface area (Å²) in [5.74, 6) is 0.881. The second-order valence-electron chi connectivity index (χ2n) is 13.0. The van der Waals surface area contributed by atoms with Gasteiger partial charge >= 0.3 is 0 Å². The van der Waals surface area contributed by atoms with Crippen molar-refractivity contribution in [2.75, 3.05) is 0 Å². The minimum atomic E-state index is -0.173. The monoisotopic (exact) mass is 646 g/mol. The molecule has 3 atom stereocenters. The van der Waals surface area contributed by atoms with Crippen LogP contribution in [0.1, 0.15) is 35.2 Å². The Morgan fingerprint density at radius 3 is 1.98 bits per heavy atom. The third-order valence-corrected chi connectivity index (χ3v) is 10.1. The first-order valence-electron chi connectivity index (χ1n) is 17.2. The van der Waals surface area contributed by atoms with Gasteiger partial charge in [0.05, 0.1) is 22.1 Å². The molecule has 0 aliphatic carbocycles. The Labute approximate surface area is 289 Å². The summed E-state index contributed by atoms with van der Waals surface area (Å²) in [5, 5.41) is 16.0. The van der Waals surface area contributed by atoms with E-state index in [1.807, 2.05) is 24.4 Å². The number of allylic oxidation sites excluding steroid dienone is 2. The lowest BCUT2D eigenvalue weighted by molar-refractivity contribution is 0.409. The van der Waals surface area contributed by atoms with Crippen molar-refractivity contribution in [2.45, 2.75) is 18.5 Å². The number of dihydropyridines is 1. The quantitative estimate of drug-likeness (QED) is 0.175. The average molecular weight is 647 g/mol. The van der Waals surface area contributed by atoms with Gasteiger partial charge in [0.25, 0.3) is 0 Å². The summed E-state index contributed by atoms with van der Waals surface area (Å²) in [6.45, 7) is 0. The molecule has 2 aliphatic rings. The van der Waals surface area contributed by atoms with E-state index in [2.05, 4.69) is 171 Å². The number of hydrogen-bond donors (Lipinski definition) is 3. The molecule has 50 heavy (non-hydrogen) atoms. The number of para-hydroxylation sites is 2. The van der Waals surface area contributed by atoms with Crippen LogP contribution in [-0.4, -0.2) is 15.0 Å². The number of fused-ring (bicyclic) bond motifs is 6. The molecule has 0 amide bonds. The molecule has 2 aromatic heterocycles. The predicted molar refractivity (Wildman–Crippen MR) is 205 cm³/mol. The highest BCUT2D eigenvalue weighted by Crippen LogP contribution is 2.40. The molecule has 6 aromatic carbocycles. The molecule has 0 saturated carbocycles. The van der Waals surface area contributed by atoms with Crippen molar-refractivity contribution in [3.05, 3.63) is 187 Å². The molecule has 0 radical (unpaired) electrons. The lowest BCUT2D eigenvalue weighted by atomic mass is 10.1. The third kappa shape index (κ3) is 4.65. The highest BCUT2D eigenvalue weighted by atomic mass is 15.3. The second-order valence-corrected chi connectivity index (χ2v) is 13.0. The molecular weight excluding hydrogens is 613 g/mol. The van der Waals surface area contributed by atoms with E-state index in [1.54, 1.807) is 0 Å². The molecule has 8 aromatic rings. The molecule has 2 aliphatic heterocycles. The van der Waals surface area contributed by atoms with Gasteiger partial charge in [-0.1, -0.05) is 115 Å². The Bertz CT molecular complexity index is 2630. The van der Waals surface area contributed by atoms with Crippen LogP contribution in [0, 0.1) is 0 Å². The predicted octanol–water partition coefficient (Wildman–Crippen LogP) is 9.40. The van der Waals surface area contributed by atoms with Crippen LogP contribution >= 0.6 is 0 Å². The number of nitrogens with zero attached hydrogens (tertiary/aromatic N) is 3. The Balaban J connectivity index is 1.10. The maximum Gasteiger partial charge on any atom is 0.131 e. The zero-order chi connectivity index (χ0) is 33.0. The molecule has 6 heteroatoms. The fourth-order valence-electron chi connectivity index (χ4n) is 7.73. The number of aromatic nitrogens is 2. The van der Waals surface area contributed by atoms with Crippen LogP contribution in [-0.2, 0) is 0 Å². The highest BCUT2D eigenvalue weighted by molar-refractivity contribution is 6.18. The summed E-state index contributed by atoms with van der Waals surface area (Å²) in [6, 6.07) is 52.0. The summed E-state index contributed by atoms with van der Waals surface area (Å²) < 4.78 is 4.83. The molecule has 3 unspecified atom stereocenters. The molecule has 4 heterocycles. The molecule has 10 rings (SSSR count). The van der Waals surface area contributed by atoms with Gasteiger partial charge in [-0.05, 0) is 65.9 Å². The zero-order valence-electron chi connectivity index (χ0n) is 27.2. The largest absolute Gasteiger partial charge is 0.368 e. The average Bonchev–Trinajstić information content (AvgIpc) is 3.70. The maximum atomic E-state index is 5.08. The Kier molecular flexibility index (Phi) is 6.67. The van der Waals surface area contributed by atoms with Crippen LogP contribution in [0.15, 0.2) is 175 Å². The van der Waals surface area contributed by atoms with Crippen molar-refractivity contribution in [3.63, 3.8) is 0 Å². The first kappa shape index (κ1) is 28.6. The van der Waals surface area contributed by atoms with Crippen molar-refractivity contribution in [1.29, 1.82) is 0 Å². The summed E-state index contributed by atoms with van der Waals surface area (Å²) in [7, 11) is 0. The van der Waals surface area contributed by atoms with Gasteiger partial charge < -0.3 is 19.8 Å². The van der Waals surface area contributed by atoms with E-state index in [9.17, 15) is 0 Å². The molecule has 3 N–H and O–H groups in total. The van der Waals surface area contributed by atoms with Gasteiger partial charge in [0.15, 0.2) is 0 Å². The maximum absolute atomic E-state index is 5.08.